The molecule has 0 saturated carbocycles. The van der Waals surface area contributed by atoms with Gasteiger partial charge in [0.2, 0.25) is 0 Å². The number of benzene rings is 4. The van der Waals surface area contributed by atoms with Gasteiger partial charge < -0.3 is 14.8 Å². The fraction of sp³-hybridized carbons (Fsp3) is 0.0909. The molecule has 1 aliphatic rings. The van der Waals surface area contributed by atoms with Crippen LogP contribution in [0.5, 0.6) is 5.75 Å². The summed E-state index contributed by atoms with van der Waals surface area (Å²) >= 11 is 6.23. The number of esters is 2. The summed E-state index contributed by atoms with van der Waals surface area (Å²) in [6.45, 7) is 2.16. The van der Waals surface area contributed by atoms with Crippen LogP contribution < -0.4 is 15.0 Å². The number of hydrogen-bond acceptors (Lipinski definition) is 7. The number of ether oxygens (including phenoxy) is 2. The Bertz CT molecular complexity index is 1660. The highest BCUT2D eigenvalue weighted by atomic mass is 35.5. The molecule has 8 nitrogen and oxygen atoms in total. The van der Waals surface area contributed by atoms with E-state index >= 15 is 0 Å². The van der Waals surface area contributed by atoms with Gasteiger partial charge in [-0.2, -0.15) is 0 Å². The third-order valence-corrected chi connectivity index (χ3v) is 6.88. The van der Waals surface area contributed by atoms with Gasteiger partial charge in [-0.15, -0.1) is 0 Å². The first kappa shape index (κ1) is 28.3. The Morgan fingerprint density at radius 2 is 1.36 bits per heavy atom. The number of carbonyl (C=O) groups excluding carboxylic acids is 4. The Morgan fingerprint density at radius 3 is 2.00 bits per heavy atom. The summed E-state index contributed by atoms with van der Waals surface area (Å²) in [5.74, 6) is -2.06. The fourth-order valence-corrected chi connectivity index (χ4v) is 4.40. The molecule has 42 heavy (non-hydrogen) atoms. The Hall–Kier alpha value is -5.21. The van der Waals surface area contributed by atoms with E-state index in [2.05, 4.69) is 5.32 Å². The van der Waals surface area contributed by atoms with Crippen molar-refractivity contribution in [3.05, 3.63) is 136 Å². The van der Waals surface area contributed by atoms with Crippen LogP contribution in [0.25, 0.3) is 0 Å². The first-order valence-electron chi connectivity index (χ1n) is 13.1. The van der Waals surface area contributed by atoms with E-state index in [1.165, 1.54) is 36.4 Å². The van der Waals surface area contributed by atoms with Crippen LogP contribution in [0.1, 0.15) is 38.8 Å². The zero-order valence-corrected chi connectivity index (χ0v) is 23.3. The van der Waals surface area contributed by atoms with Crippen LogP contribution in [0.3, 0.4) is 0 Å². The van der Waals surface area contributed by atoms with E-state index in [1.54, 1.807) is 24.3 Å². The second-order valence-corrected chi connectivity index (χ2v) is 9.71. The van der Waals surface area contributed by atoms with Crippen LogP contribution in [0.2, 0.25) is 0 Å². The number of amides is 2. The molecule has 0 spiro atoms. The third-order valence-electron chi connectivity index (χ3n) is 6.53. The van der Waals surface area contributed by atoms with Gasteiger partial charge in [-0.1, -0.05) is 61.0 Å². The fourth-order valence-electron chi connectivity index (χ4n) is 4.19. The molecule has 0 aromatic heterocycles. The SMILES string of the molecule is CCc1ccc(N2C(=O)C(Cl)=C(Nc3ccc(C(=O)Oc4ccc(C(=O)OCc5ccccc5)cc4)cc3)C2=O)cc1. The van der Waals surface area contributed by atoms with Crippen LogP contribution in [0.15, 0.2) is 114 Å². The first-order valence-corrected chi connectivity index (χ1v) is 13.5. The molecule has 2 amide bonds. The minimum atomic E-state index is -0.621. The highest BCUT2D eigenvalue weighted by molar-refractivity contribution is 6.53. The van der Waals surface area contributed by atoms with Gasteiger partial charge in [0.05, 0.1) is 16.8 Å². The van der Waals surface area contributed by atoms with Gasteiger partial charge in [0.15, 0.2) is 0 Å². The molecule has 0 saturated heterocycles. The van der Waals surface area contributed by atoms with E-state index in [-0.39, 0.29) is 28.6 Å². The number of carbonyl (C=O) groups is 4. The van der Waals surface area contributed by atoms with Crippen molar-refractivity contribution in [2.24, 2.45) is 0 Å². The van der Waals surface area contributed by atoms with Gasteiger partial charge in [0.1, 0.15) is 23.1 Å². The van der Waals surface area contributed by atoms with Crippen molar-refractivity contribution in [1.82, 2.24) is 0 Å². The van der Waals surface area contributed by atoms with Crippen molar-refractivity contribution in [2.45, 2.75) is 20.0 Å². The third kappa shape index (κ3) is 6.24. The predicted molar refractivity (Wildman–Crippen MR) is 158 cm³/mol. The maximum atomic E-state index is 13.0. The minimum Gasteiger partial charge on any atom is -0.457 e. The summed E-state index contributed by atoms with van der Waals surface area (Å²) in [5, 5.41) is 2.66. The normalized spacial score (nSPS) is 12.9. The Balaban J connectivity index is 1.18. The lowest BCUT2D eigenvalue weighted by molar-refractivity contribution is -0.120. The molecule has 0 unspecified atom stereocenters. The summed E-state index contributed by atoms with van der Waals surface area (Å²) in [6, 6.07) is 28.6. The molecule has 0 radical (unpaired) electrons. The van der Waals surface area contributed by atoms with Crippen molar-refractivity contribution < 1.29 is 28.7 Å². The molecule has 1 aliphatic heterocycles. The van der Waals surface area contributed by atoms with Crippen LogP contribution in [0, 0.1) is 0 Å². The highest BCUT2D eigenvalue weighted by Gasteiger charge is 2.38. The molecular formula is C33H25ClN2O6. The molecule has 5 rings (SSSR count). The van der Waals surface area contributed by atoms with Gasteiger partial charge in [0, 0.05) is 5.69 Å². The number of nitrogens with one attached hydrogen (secondary N) is 1. The summed E-state index contributed by atoms with van der Waals surface area (Å²) in [7, 11) is 0. The molecule has 0 fully saturated rings. The van der Waals surface area contributed by atoms with Crippen molar-refractivity contribution in [3.63, 3.8) is 0 Å². The quantitative estimate of drug-likeness (QED) is 0.142. The van der Waals surface area contributed by atoms with Gasteiger partial charge in [-0.3, -0.25) is 9.59 Å². The van der Waals surface area contributed by atoms with E-state index in [1.807, 2.05) is 49.4 Å². The zero-order valence-electron chi connectivity index (χ0n) is 22.5. The molecule has 1 heterocycles. The second kappa shape index (κ2) is 12.5. The molecular weight excluding hydrogens is 556 g/mol. The highest BCUT2D eigenvalue weighted by Crippen LogP contribution is 2.30. The molecule has 0 aliphatic carbocycles. The lowest BCUT2D eigenvalue weighted by Gasteiger charge is -2.15. The molecule has 4 aromatic rings. The van der Waals surface area contributed by atoms with Crippen LogP contribution >= 0.6 is 11.6 Å². The summed E-state index contributed by atoms with van der Waals surface area (Å²) in [5.41, 5.74) is 3.34. The Morgan fingerprint density at radius 1 is 0.738 bits per heavy atom. The molecule has 9 heteroatoms. The van der Waals surface area contributed by atoms with Crippen molar-refractivity contribution >= 4 is 46.7 Å². The van der Waals surface area contributed by atoms with Crippen molar-refractivity contribution in [2.75, 3.05) is 10.2 Å². The maximum Gasteiger partial charge on any atom is 0.343 e. The number of anilines is 2. The van der Waals surface area contributed by atoms with Crippen LogP contribution in [-0.4, -0.2) is 23.8 Å². The largest absolute Gasteiger partial charge is 0.457 e. The summed E-state index contributed by atoms with van der Waals surface area (Å²) < 4.78 is 10.7. The van der Waals surface area contributed by atoms with Gasteiger partial charge in [0.25, 0.3) is 11.8 Å². The topological polar surface area (TPSA) is 102 Å². The van der Waals surface area contributed by atoms with Crippen molar-refractivity contribution in [1.29, 1.82) is 0 Å². The van der Waals surface area contributed by atoms with Crippen molar-refractivity contribution in [3.8, 4) is 5.75 Å². The number of aryl methyl sites for hydroxylation is 1. The van der Waals surface area contributed by atoms with Gasteiger partial charge in [-0.05, 0) is 78.2 Å². The lowest BCUT2D eigenvalue weighted by atomic mass is 10.1. The second-order valence-electron chi connectivity index (χ2n) is 9.33. The molecule has 1 N–H and O–H groups in total. The number of nitrogens with zero attached hydrogens (tertiary/aromatic N) is 1. The number of rotatable bonds is 9. The van der Waals surface area contributed by atoms with E-state index in [9.17, 15) is 19.2 Å². The predicted octanol–water partition coefficient (Wildman–Crippen LogP) is 6.26. The van der Waals surface area contributed by atoms with Crippen LogP contribution in [0.4, 0.5) is 11.4 Å². The Labute approximate surface area is 247 Å². The van der Waals surface area contributed by atoms with Gasteiger partial charge >= 0.3 is 11.9 Å². The van der Waals surface area contributed by atoms with Gasteiger partial charge in [-0.25, -0.2) is 14.5 Å². The number of halogens is 1. The lowest BCUT2D eigenvalue weighted by Crippen LogP contribution is -2.32. The first-order chi connectivity index (χ1) is 20.3. The number of imide groups is 1. The Kier molecular flexibility index (Phi) is 8.45. The standard InChI is InChI=1S/C33H25ClN2O6/c1-2-21-8-16-26(17-9-21)36-30(37)28(34)29(31(36)38)35-25-14-10-24(11-15-25)33(40)42-27-18-12-23(13-19-27)32(39)41-20-22-6-4-3-5-7-22/h3-19,35H,2,20H2,1H3. The average Bonchev–Trinajstić information content (AvgIpc) is 3.23. The smallest absolute Gasteiger partial charge is 0.343 e. The molecule has 0 atom stereocenters. The molecule has 4 aromatic carbocycles. The van der Waals surface area contributed by atoms with E-state index in [0.29, 0.717) is 16.9 Å². The summed E-state index contributed by atoms with van der Waals surface area (Å²) in [6.07, 6.45) is 0.829. The monoisotopic (exact) mass is 580 g/mol. The molecule has 210 valence electrons. The molecule has 0 bridgehead atoms. The zero-order chi connectivity index (χ0) is 29.6. The number of hydrogen-bond donors (Lipinski definition) is 1. The van der Waals surface area contributed by atoms with E-state index < -0.39 is 23.8 Å². The van der Waals surface area contributed by atoms with E-state index in [0.717, 1.165) is 22.4 Å². The average molecular weight is 581 g/mol. The minimum absolute atomic E-state index is 0.0565. The van der Waals surface area contributed by atoms with Crippen LogP contribution in [-0.2, 0) is 27.4 Å². The summed E-state index contributed by atoms with van der Waals surface area (Å²) in [4.78, 5) is 51.8. The van der Waals surface area contributed by atoms with E-state index in [4.69, 9.17) is 21.1 Å². The maximum absolute atomic E-state index is 13.0.